The third-order valence-corrected chi connectivity index (χ3v) is 5.77. The third-order valence-electron chi connectivity index (χ3n) is 5.09. The van der Waals surface area contributed by atoms with Crippen molar-refractivity contribution in [3.63, 3.8) is 0 Å². The monoisotopic (exact) mass is 537 g/mol. The second kappa shape index (κ2) is 12.8. The zero-order valence-electron chi connectivity index (χ0n) is 20.5. The molecule has 0 aromatic heterocycles. The summed E-state index contributed by atoms with van der Waals surface area (Å²) in [4.78, 5) is 25.1. The quantitative estimate of drug-likeness (QED) is 0.237. The van der Waals surface area contributed by atoms with Crippen molar-refractivity contribution in [2.45, 2.75) is 20.8 Å². The van der Waals surface area contributed by atoms with Gasteiger partial charge in [-0.05, 0) is 79.9 Å². The Balaban J connectivity index is 1.77. The Morgan fingerprint density at radius 3 is 2.41 bits per heavy atom. The van der Waals surface area contributed by atoms with Gasteiger partial charge in [-0.15, -0.1) is 0 Å². The molecule has 0 unspecified atom stereocenters. The van der Waals surface area contributed by atoms with E-state index in [1.54, 1.807) is 43.3 Å². The van der Waals surface area contributed by atoms with Crippen LogP contribution in [0.15, 0.2) is 60.2 Å². The van der Waals surface area contributed by atoms with Crippen LogP contribution < -0.4 is 20.1 Å². The van der Waals surface area contributed by atoms with Crippen molar-refractivity contribution < 1.29 is 19.1 Å². The van der Waals surface area contributed by atoms with E-state index in [9.17, 15) is 14.9 Å². The molecule has 0 bridgehead atoms. The van der Waals surface area contributed by atoms with Crippen LogP contribution in [0, 0.1) is 25.2 Å². The van der Waals surface area contributed by atoms with Crippen LogP contribution in [-0.4, -0.2) is 25.0 Å². The molecule has 9 heteroatoms. The summed E-state index contributed by atoms with van der Waals surface area (Å²) < 4.78 is 11.3. The molecule has 0 aliphatic rings. The SMILES string of the molecule is CCOc1cc(/C=C(\C#N)C(=O)Nc2cccc(C)c2)cc(Cl)c1OCC(=O)Nc1ccc(C)c(Cl)c1. The summed E-state index contributed by atoms with van der Waals surface area (Å²) in [5.41, 5.74) is 3.31. The van der Waals surface area contributed by atoms with Crippen LogP contribution in [-0.2, 0) is 9.59 Å². The number of nitrogens with one attached hydrogen (secondary N) is 2. The van der Waals surface area contributed by atoms with E-state index in [2.05, 4.69) is 10.6 Å². The lowest BCUT2D eigenvalue weighted by molar-refractivity contribution is -0.118. The van der Waals surface area contributed by atoms with Crippen molar-refractivity contribution in [3.05, 3.63) is 86.9 Å². The minimum absolute atomic E-state index is 0.121. The fourth-order valence-corrected chi connectivity index (χ4v) is 3.77. The van der Waals surface area contributed by atoms with Gasteiger partial charge in [0.1, 0.15) is 11.6 Å². The molecule has 3 aromatic rings. The van der Waals surface area contributed by atoms with E-state index in [4.69, 9.17) is 32.7 Å². The molecule has 0 atom stereocenters. The number of carbonyl (C=O) groups is 2. The molecule has 190 valence electrons. The molecule has 0 aliphatic heterocycles. The summed E-state index contributed by atoms with van der Waals surface area (Å²) >= 11 is 12.5. The molecular weight excluding hydrogens is 513 g/mol. The summed E-state index contributed by atoms with van der Waals surface area (Å²) in [6.45, 7) is 5.52. The van der Waals surface area contributed by atoms with E-state index in [0.717, 1.165) is 11.1 Å². The molecule has 3 rings (SSSR count). The van der Waals surface area contributed by atoms with Crippen LogP contribution in [0.3, 0.4) is 0 Å². The molecule has 0 saturated heterocycles. The number of carbonyl (C=O) groups excluding carboxylic acids is 2. The van der Waals surface area contributed by atoms with E-state index < -0.39 is 11.8 Å². The highest BCUT2D eigenvalue weighted by molar-refractivity contribution is 6.32. The topological polar surface area (TPSA) is 100 Å². The number of amides is 2. The number of aryl methyl sites for hydroxylation is 2. The van der Waals surface area contributed by atoms with Gasteiger partial charge in [0.2, 0.25) is 0 Å². The molecule has 2 N–H and O–H groups in total. The largest absolute Gasteiger partial charge is 0.490 e. The average molecular weight is 538 g/mol. The first kappa shape index (κ1) is 27.6. The van der Waals surface area contributed by atoms with Crippen molar-refractivity contribution >= 4 is 52.5 Å². The maximum Gasteiger partial charge on any atom is 0.266 e. The maximum absolute atomic E-state index is 12.6. The summed E-state index contributed by atoms with van der Waals surface area (Å²) in [7, 11) is 0. The van der Waals surface area contributed by atoms with Crippen LogP contribution in [0.2, 0.25) is 10.0 Å². The van der Waals surface area contributed by atoms with Crippen LogP contribution in [0.1, 0.15) is 23.6 Å². The van der Waals surface area contributed by atoms with Crippen LogP contribution >= 0.6 is 23.2 Å². The highest BCUT2D eigenvalue weighted by Crippen LogP contribution is 2.37. The number of nitriles is 1. The van der Waals surface area contributed by atoms with Crippen molar-refractivity contribution in [2.75, 3.05) is 23.8 Å². The molecule has 0 spiro atoms. The Hall–Kier alpha value is -3.99. The normalized spacial score (nSPS) is 10.9. The summed E-state index contributed by atoms with van der Waals surface area (Å²) in [5.74, 6) is -0.540. The molecular formula is C28H25Cl2N3O4. The van der Waals surface area contributed by atoms with Gasteiger partial charge >= 0.3 is 0 Å². The molecule has 37 heavy (non-hydrogen) atoms. The number of rotatable bonds is 9. The third kappa shape index (κ3) is 7.74. The Morgan fingerprint density at radius 1 is 0.973 bits per heavy atom. The molecule has 0 radical (unpaired) electrons. The lowest BCUT2D eigenvalue weighted by Gasteiger charge is -2.15. The van der Waals surface area contributed by atoms with E-state index in [-0.39, 0.29) is 28.7 Å². The second-order valence-electron chi connectivity index (χ2n) is 8.06. The first-order valence-corrected chi connectivity index (χ1v) is 12.1. The predicted octanol–water partition coefficient (Wildman–Crippen LogP) is 6.57. The van der Waals surface area contributed by atoms with Gasteiger partial charge in [-0.3, -0.25) is 9.59 Å². The molecule has 2 amide bonds. The van der Waals surface area contributed by atoms with Gasteiger partial charge in [0.05, 0.1) is 11.6 Å². The number of hydrogen-bond acceptors (Lipinski definition) is 5. The minimum Gasteiger partial charge on any atom is -0.490 e. The number of anilines is 2. The van der Waals surface area contributed by atoms with Gasteiger partial charge in [-0.1, -0.05) is 41.4 Å². The summed E-state index contributed by atoms with van der Waals surface area (Å²) in [5, 5.41) is 15.7. The predicted molar refractivity (Wildman–Crippen MR) is 146 cm³/mol. The standard InChI is InChI=1S/C28H25Cl2N3O4/c1-4-36-25-13-19(11-20(15-31)28(35)33-21-7-5-6-17(2)10-21)12-24(30)27(25)37-16-26(34)32-22-9-8-18(3)23(29)14-22/h5-14H,4,16H2,1-3H3,(H,32,34)(H,33,35)/b20-11+. The number of hydrogen-bond donors (Lipinski definition) is 2. The molecule has 0 aliphatic carbocycles. The number of benzene rings is 3. The van der Waals surface area contributed by atoms with E-state index >= 15 is 0 Å². The number of ether oxygens (including phenoxy) is 2. The van der Waals surface area contributed by atoms with Crippen molar-refractivity contribution in [3.8, 4) is 17.6 Å². The summed E-state index contributed by atoms with van der Waals surface area (Å²) in [6.07, 6.45) is 1.40. The zero-order chi connectivity index (χ0) is 26.9. The van der Waals surface area contributed by atoms with Gasteiger partial charge in [-0.25, -0.2) is 0 Å². The van der Waals surface area contributed by atoms with Crippen LogP contribution in [0.5, 0.6) is 11.5 Å². The molecule has 0 saturated carbocycles. The van der Waals surface area contributed by atoms with Gasteiger partial charge in [0.15, 0.2) is 18.1 Å². The minimum atomic E-state index is -0.560. The van der Waals surface area contributed by atoms with Crippen molar-refractivity contribution in [1.29, 1.82) is 5.26 Å². The molecule has 0 fully saturated rings. The van der Waals surface area contributed by atoms with E-state index in [1.165, 1.54) is 12.1 Å². The van der Waals surface area contributed by atoms with Gasteiger partial charge < -0.3 is 20.1 Å². The van der Waals surface area contributed by atoms with Crippen LogP contribution in [0.4, 0.5) is 11.4 Å². The first-order chi connectivity index (χ1) is 17.7. The summed E-state index contributed by atoms with van der Waals surface area (Å²) in [6, 6.07) is 17.4. The van der Waals surface area contributed by atoms with E-state index in [1.807, 2.05) is 32.0 Å². The highest BCUT2D eigenvalue weighted by atomic mass is 35.5. The smallest absolute Gasteiger partial charge is 0.266 e. The lowest BCUT2D eigenvalue weighted by atomic mass is 10.1. The second-order valence-corrected chi connectivity index (χ2v) is 8.87. The Labute approximate surface area is 225 Å². The average Bonchev–Trinajstić information content (AvgIpc) is 2.84. The Bertz CT molecular complexity index is 1400. The van der Waals surface area contributed by atoms with Gasteiger partial charge in [0, 0.05) is 16.4 Å². The van der Waals surface area contributed by atoms with Gasteiger partial charge in [0.25, 0.3) is 11.8 Å². The Morgan fingerprint density at radius 2 is 1.73 bits per heavy atom. The number of halogens is 2. The van der Waals surface area contributed by atoms with Crippen LogP contribution in [0.25, 0.3) is 6.08 Å². The van der Waals surface area contributed by atoms with Crippen molar-refractivity contribution in [2.24, 2.45) is 0 Å². The fourth-order valence-electron chi connectivity index (χ4n) is 3.32. The number of nitrogens with zero attached hydrogens (tertiary/aromatic N) is 1. The highest BCUT2D eigenvalue weighted by Gasteiger charge is 2.16. The fraction of sp³-hybridized carbons (Fsp3) is 0.179. The van der Waals surface area contributed by atoms with Gasteiger partial charge in [-0.2, -0.15) is 5.26 Å². The first-order valence-electron chi connectivity index (χ1n) is 11.3. The zero-order valence-corrected chi connectivity index (χ0v) is 22.0. The Kier molecular flexibility index (Phi) is 9.56. The maximum atomic E-state index is 12.6. The van der Waals surface area contributed by atoms with Crippen molar-refractivity contribution in [1.82, 2.24) is 0 Å². The van der Waals surface area contributed by atoms with E-state index in [0.29, 0.717) is 28.6 Å². The molecule has 7 nitrogen and oxygen atoms in total. The lowest BCUT2D eigenvalue weighted by Crippen LogP contribution is -2.20. The molecule has 0 heterocycles. The molecule has 3 aromatic carbocycles.